The van der Waals surface area contributed by atoms with E-state index < -0.39 is 46.9 Å². The summed E-state index contributed by atoms with van der Waals surface area (Å²) in [6.45, 7) is 13.8. The lowest BCUT2D eigenvalue weighted by Crippen LogP contribution is -2.80. The van der Waals surface area contributed by atoms with Crippen LogP contribution in [0.25, 0.3) is 0 Å². The normalized spacial score (nSPS) is 48.3. The molecular weight excluding hydrogens is 687 g/mol. The van der Waals surface area contributed by atoms with E-state index >= 15 is 0 Å². The van der Waals surface area contributed by atoms with Gasteiger partial charge in [-0.25, -0.2) is 0 Å². The first-order chi connectivity index (χ1) is 18.0. The smallest absolute Gasteiger partial charge is 0.303 e. The average molecular weight is 727 g/mol. The third-order valence-corrected chi connectivity index (χ3v) is 12.7. The molecule has 9 nitrogen and oxygen atoms in total. The van der Waals surface area contributed by atoms with Crippen LogP contribution in [0.5, 0.6) is 0 Å². The molecule has 0 aromatic carbocycles. The maximum Gasteiger partial charge on any atom is 0.303 e. The van der Waals surface area contributed by atoms with Crippen molar-refractivity contribution < 1.29 is 42.9 Å². The molecule has 2 heterocycles. The Bertz CT molecular complexity index is 1040. The molecule has 39 heavy (non-hydrogen) atoms. The van der Waals surface area contributed by atoms with E-state index in [1.807, 2.05) is 6.92 Å². The van der Waals surface area contributed by atoms with Crippen molar-refractivity contribution in [2.24, 2.45) is 35.0 Å². The molecule has 3 saturated carbocycles. The fourth-order valence-corrected chi connectivity index (χ4v) is 10.5. The van der Waals surface area contributed by atoms with Crippen molar-refractivity contribution in [2.75, 3.05) is 4.43 Å². The summed E-state index contributed by atoms with van der Waals surface area (Å²) < 4.78 is 31.6. The first kappa shape index (κ1) is 31.0. The number of halogens is 2. The predicted octanol–water partition coefficient (Wildman–Crippen LogP) is 4.39. The Morgan fingerprint density at radius 3 is 1.90 bits per heavy atom. The number of fused-ring (bicyclic) bond motifs is 3. The van der Waals surface area contributed by atoms with Crippen LogP contribution in [0.4, 0.5) is 0 Å². The lowest BCUT2D eigenvalue weighted by atomic mass is 9.40. The molecule has 5 fully saturated rings. The summed E-state index contributed by atoms with van der Waals surface area (Å²) in [5, 5.41) is 0. The van der Waals surface area contributed by atoms with Crippen LogP contribution in [0.3, 0.4) is 0 Å². The van der Waals surface area contributed by atoms with Crippen LogP contribution in [0.15, 0.2) is 0 Å². The number of hydrogen-bond donors (Lipinski definition) is 0. The van der Waals surface area contributed by atoms with Crippen molar-refractivity contribution in [3.8, 4) is 0 Å². The molecule has 0 aromatic rings. The summed E-state index contributed by atoms with van der Waals surface area (Å²) >= 11 is 6.23. The highest BCUT2D eigenvalue weighted by molar-refractivity contribution is 14.1. The summed E-state index contributed by atoms with van der Waals surface area (Å²) in [5.41, 5.74) is -2.19. The molecule has 2 aliphatic heterocycles. The van der Waals surface area contributed by atoms with E-state index in [2.05, 4.69) is 59.3 Å². The van der Waals surface area contributed by atoms with E-state index in [1.165, 1.54) is 27.7 Å². The van der Waals surface area contributed by atoms with Gasteiger partial charge in [-0.2, -0.15) is 0 Å². The van der Waals surface area contributed by atoms with Gasteiger partial charge < -0.3 is 23.7 Å². The Morgan fingerprint density at radius 1 is 0.846 bits per heavy atom. The second-order valence-corrected chi connectivity index (χ2v) is 14.4. The van der Waals surface area contributed by atoms with Gasteiger partial charge in [0.25, 0.3) is 0 Å². The Morgan fingerprint density at radius 2 is 1.38 bits per heavy atom. The fraction of sp³-hybridized carbons (Fsp3) is 0.857. The molecule has 3 aliphatic carbocycles. The van der Waals surface area contributed by atoms with Gasteiger partial charge in [0.05, 0.1) is 11.2 Å². The molecule has 5 aliphatic rings. The SMILES string of the molecule is CC(=O)OC1C[C@@]2(C)OC(C)(CI)[C@@H]1C1C3[C@H](C)[C@H](OC(C)=O)CC(Br)C3(C)C(OC(C)=O)[C@H](OC(C)=O)C12. The molecule has 0 aromatic heterocycles. The second-order valence-electron chi connectivity index (χ2n) is 12.5. The molecule has 2 saturated heterocycles. The van der Waals surface area contributed by atoms with Crippen molar-refractivity contribution in [3.05, 3.63) is 0 Å². The third kappa shape index (κ3) is 5.04. The molecular formula is C28H40BrIO9. The maximum absolute atomic E-state index is 12.6. The van der Waals surface area contributed by atoms with Crippen molar-refractivity contribution in [1.82, 2.24) is 0 Å². The van der Waals surface area contributed by atoms with Crippen LogP contribution >= 0.6 is 38.5 Å². The largest absolute Gasteiger partial charge is 0.462 e. The summed E-state index contributed by atoms with van der Waals surface area (Å²) in [6, 6.07) is 0. The number of carbonyl (C=O) groups is 4. The van der Waals surface area contributed by atoms with Gasteiger partial charge in [-0.05, 0) is 38.0 Å². The quantitative estimate of drug-likeness (QED) is 0.176. The minimum atomic E-state index is -0.852. The average Bonchev–Trinajstić information content (AvgIpc) is 2.77. The predicted molar refractivity (Wildman–Crippen MR) is 152 cm³/mol. The molecule has 5 rings (SSSR count). The highest BCUT2D eigenvalue weighted by Gasteiger charge is 2.77. The minimum absolute atomic E-state index is 0.129. The zero-order chi connectivity index (χ0) is 29.2. The standard InChI is InChI=1S/C28H40BrIO9/c1-12-17(35-13(2)31)9-19(29)28(8)21(12)20-22-18(36-14(3)32)10-26(6,39-27(22,7)11-30)23(20)24(37-15(4)33)25(28)38-16(5)34/h12,17-25H,9-11H2,1-8H3/t12-,17-,18?,19?,20?,21?,22+,23?,24-,25?,26-,27?,28?/m1/s1. The molecule has 0 amide bonds. The van der Waals surface area contributed by atoms with Crippen LogP contribution in [0.1, 0.15) is 68.2 Å². The Kier molecular flexibility index (Phi) is 8.51. The molecule has 13 atom stereocenters. The van der Waals surface area contributed by atoms with Gasteiger partial charge >= 0.3 is 23.9 Å². The number of hydrogen-bond acceptors (Lipinski definition) is 9. The van der Waals surface area contributed by atoms with E-state index in [0.29, 0.717) is 17.3 Å². The Hall–Kier alpha value is -0.950. The van der Waals surface area contributed by atoms with Crippen LogP contribution in [-0.4, -0.2) is 68.7 Å². The van der Waals surface area contributed by atoms with Crippen molar-refractivity contribution >= 4 is 62.4 Å². The zero-order valence-electron chi connectivity index (χ0n) is 23.8. The van der Waals surface area contributed by atoms with Gasteiger partial charge in [-0.3, -0.25) is 19.2 Å². The third-order valence-electron chi connectivity index (χ3n) is 9.87. The summed E-state index contributed by atoms with van der Waals surface area (Å²) in [5.74, 6) is -2.67. The molecule has 0 spiro atoms. The van der Waals surface area contributed by atoms with E-state index in [9.17, 15) is 19.2 Å². The minimum Gasteiger partial charge on any atom is -0.462 e. The van der Waals surface area contributed by atoms with Gasteiger partial charge in [0.2, 0.25) is 0 Å². The number of esters is 4. The van der Waals surface area contributed by atoms with E-state index in [4.69, 9.17) is 23.7 Å². The summed E-state index contributed by atoms with van der Waals surface area (Å²) in [6.07, 6.45) is -1.40. The van der Waals surface area contributed by atoms with Gasteiger partial charge in [-0.1, -0.05) is 52.4 Å². The Balaban J connectivity index is 1.99. The number of alkyl halides is 2. The van der Waals surface area contributed by atoms with Crippen LogP contribution in [0, 0.1) is 35.0 Å². The van der Waals surface area contributed by atoms with Crippen LogP contribution in [-0.2, 0) is 42.9 Å². The lowest BCUT2D eigenvalue weighted by molar-refractivity contribution is -0.365. The molecule has 2 bridgehead atoms. The maximum atomic E-state index is 12.6. The van der Waals surface area contributed by atoms with E-state index in [-0.39, 0.29) is 52.5 Å². The van der Waals surface area contributed by atoms with Gasteiger partial charge in [-0.15, -0.1) is 0 Å². The van der Waals surface area contributed by atoms with Gasteiger partial charge in [0.15, 0.2) is 0 Å². The van der Waals surface area contributed by atoms with Crippen molar-refractivity contribution in [1.29, 1.82) is 0 Å². The highest BCUT2D eigenvalue weighted by atomic mass is 127. The number of rotatable bonds is 5. The topological polar surface area (TPSA) is 114 Å². The molecule has 0 N–H and O–H groups in total. The Labute approximate surface area is 252 Å². The first-order valence-electron chi connectivity index (χ1n) is 13.6. The van der Waals surface area contributed by atoms with Gasteiger partial charge in [0.1, 0.15) is 24.4 Å². The van der Waals surface area contributed by atoms with Crippen molar-refractivity contribution in [3.63, 3.8) is 0 Å². The summed E-state index contributed by atoms with van der Waals surface area (Å²) in [4.78, 5) is 49.3. The highest BCUT2D eigenvalue weighted by Crippen LogP contribution is 2.70. The van der Waals surface area contributed by atoms with Crippen LogP contribution in [0.2, 0.25) is 0 Å². The summed E-state index contributed by atoms with van der Waals surface area (Å²) in [7, 11) is 0. The molecule has 0 radical (unpaired) electrons. The number of carbonyl (C=O) groups excluding carboxylic acids is 4. The van der Waals surface area contributed by atoms with Crippen molar-refractivity contribution in [2.45, 2.75) is 109 Å². The molecule has 8 unspecified atom stereocenters. The van der Waals surface area contributed by atoms with Gasteiger partial charge in [0, 0.05) is 60.6 Å². The number of ether oxygens (including phenoxy) is 5. The fourth-order valence-electron chi connectivity index (χ4n) is 8.93. The van der Waals surface area contributed by atoms with E-state index in [1.54, 1.807) is 0 Å². The molecule has 11 heteroatoms. The first-order valence-corrected chi connectivity index (χ1v) is 16.0. The monoisotopic (exact) mass is 726 g/mol. The molecule has 220 valence electrons. The van der Waals surface area contributed by atoms with E-state index in [0.717, 1.165) is 0 Å². The second kappa shape index (κ2) is 10.7. The van der Waals surface area contributed by atoms with Crippen LogP contribution < -0.4 is 0 Å². The zero-order valence-corrected chi connectivity index (χ0v) is 27.6. The lowest BCUT2D eigenvalue weighted by Gasteiger charge is -2.73.